The van der Waals surface area contributed by atoms with Crippen molar-refractivity contribution in [2.45, 2.75) is 31.8 Å². The van der Waals surface area contributed by atoms with Gasteiger partial charge in [-0.3, -0.25) is 4.99 Å². The van der Waals surface area contributed by atoms with Crippen LogP contribution >= 0.6 is 11.3 Å². The lowest BCUT2D eigenvalue weighted by Gasteiger charge is -2.47. The Morgan fingerprint density at radius 3 is 3.26 bits per heavy atom. The van der Waals surface area contributed by atoms with Crippen molar-refractivity contribution >= 4 is 17.3 Å². The number of hydrogen-bond donors (Lipinski definition) is 2. The molecule has 0 saturated carbocycles. The molecule has 3 N–H and O–H groups in total. The minimum atomic E-state index is 0.147. The quantitative estimate of drug-likeness (QED) is 0.884. The van der Waals surface area contributed by atoms with Crippen LogP contribution in [0.3, 0.4) is 0 Å². The summed E-state index contributed by atoms with van der Waals surface area (Å²) in [6.07, 6.45) is 2.32. The molecule has 0 bridgehead atoms. The average Bonchev–Trinajstić information content (AvgIpc) is 3.04. The topological polar surface area (TPSA) is 53.6 Å². The summed E-state index contributed by atoms with van der Waals surface area (Å²) < 4.78 is 0. The molecule has 3 heterocycles. The van der Waals surface area contributed by atoms with Crippen LogP contribution in [0.15, 0.2) is 22.5 Å². The van der Waals surface area contributed by atoms with E-state index in [0.29, 0.717) is 5.92 Å². The van der Waals surface area contributed by atoms with E-state index in [0.717, 1.165) is 38.6 Å². The molecular weight excluding hydrogens is 256 g/mol. The third-order valence-electron chi connectivity index (χ3n) is 4.60. The third kappa shape index (κ3) is 2.15. The van der Waals surface area contributed by atoms with E-state index in [-0.39, 0.29) is 5.54 Å². The zero-order chi connectivity index (χ0) is 13.3. The highest BCUT2D eigenvalue weighted by Crippen LogP contribution is 2.38. The first-order valence-corrected chi connectivity index (χ1v) is 7.95. The van der Waals surface area contributed by atoms with Crippen LogP contribution in [0.2, 0.25) is 0 Å². The molecule has 1 spiro atoms. The fourth-order valence-electron chi connectivity index (χ4n) is 3.48. The fraction of sp³-hybridized carbons (Fsp3) is 0.643. The summed E-state index contributed by atoms with van der Waals surface area (Å²) in [6.45, 7) is 6.20. The Labute approximate surface area is 118 Å². The molecule has 2 aliphatic heterocycles. The molecule has 1 saturated heterocycles. The summed E-state index contributed by atoms with van der Waals surface area (Å²) >= 11 is 1.80. The molecule has 3 rings (SSSR count). The van der Waals surface area contributed by atoms with E-state index in [1.807, 2.05) is 0 Å². The van der Waals surface area contributed by atoms with Gasteiger partial charge in [-0.2, -0.15) is 0 Å². The molecule has 2 aliphatic rings. The first-order valence-electron chi connectivity index (χ1n) is 7.07. The van der Waals surface area contributed by atoms with Crippen molar-refractivity contribution in [3.63, 3.8) is 0 Å². The maximum atomic E-state index is 6.18. The Kier molecular flexibility index (Phi) is 3.50. The van der Waals surface area contributed by atoms with Crippen LogP contribution < -0.4 is 11.1 Å². The van der Waals surface area contributed by atoms with Gasteiger partial charge in [0.25, 0.3) is 0 Å². The monoisotopic (exact) mass is 278 g/mol. The van der Waals surface area contributed by atoms with Crippen LogP contribution in [0.5, 0.6) is 0 Å². The van der Waals surface area contributed by atoms with Gasteiger partial charge in [-0.25, -0.2) is 0 Å². The summed E-state index contributed by atoms with van der Waals surface area (Å²) in [5.74, 6) is 1.36. The van der Waals surface area contributed by atoms with E-state index in [1.54, 1.807) is 11.3 Å². The molecule has 0 aromatic carbocycles. The van der Waals surface area contributed by atoms with Gasteiger partial charge in [0.1, 0.15) is 0 Å². The van der Waals surface area contributed by atoms with Gasteiger partial charge in [0.05, 0.1) is 18.6 Å². The predicted octanol–water partition coefficient (Wildman–Crippen LogP) is 1.64. The van der Waals surface area contributed by atoms with E-state index in [9.17, 15) is 0 Å². The van der Waals surface area contributed by atoms with Crippen molar-refractivity contribution in [3.8, 4) is 0 Å². The van der Waals surface area contributed by atoms with Crippen LogP contribution in [0.1, 0.15) is 24.6 Å². The number of piperidine rings is 1. The second-order valence-electron chi connectivity index (χ2n) is 5.50. The summed E-state index contributed by atoms with van der Waals surface area (Å²) in [6, 6.07) is 4.29. The molecule has 2 atom stereocenters. The minimum absolute atomic E-state index is 0.147. The number of hydrogen-bond acceptors (Lipinski definition) is 5. The molecular formula is C14H22N4S. The van der Waals surface area contributed by atoms with E-state index >= 15 is 0 Å². The Bertz CT molecular complexity index is 456. The third-order valence-corrected chi connectivity index (χ3v) is 5.46. The molecule has 19 heavy (non-hydrogen) atoms. The number of guanidine groups is 1. The molecule has 1 aromatic heterocycles. The summed E-state index contributed by atoms with van der Waals surface area (Å²) in [5.41, 5.74) is 6.33. The van der Waals surface area contributed by atoms with Gasteiger partial charge in [0.15, 0.2) is 5.96 Å². The van der Waals surface area contributed by atoms with Crippen molar-refractivity contribution in [2.75, 3.05) is 19.6 Å². The maximum Gasteiger partial charge on any atom is 0.192 e. The summed E-state index contributed by atoms with van der Waals surface area (Å²) in [7, 11) is 0. The van der Waals surface area contributed by atoms with Gasteiger partial charge >= 0.3 is 0 Å². The normalized spacial score (nSPS) is 30.9. The highest BCUT2D eigenvalue weighted by Gasteiger charge is 2.48. The van der Waals surface area contributed by atoms with E-state index < -0.39 is 0 Å². The molecule has 4 nitrogen and oxygen atoms in total. The van der Waals surface area contributed by atoms with Crippen LogP contribution in [-0.2, 0) is 6.54 Å². The van der Waals surface area contributed by atoms with E-state index in [2.05, 4.69) is 39.6 Å². The van der Waals surface area contributed by atoms with Crippen molar-refractivity contribution in [2.24, 2.45) is 16.6 Å². The van der Waals surface area contributed by atoms with Crippen molar-refractivity contribution in [1.82, 2.24) is 10.2 Å². The highest BCUT2D eigenvalue weighted by atomic mass is 32.1. The molecule has 5 heteroatoms. The van der Waals surface area contributed by atoms with Gasteiger partial charge in [-0.05, 0) is 36.8 Å². The van der Waals surface area contributed by atoms with E-state index in [1.165, 1.54) is 11.3 Å². The molecule has 0 radical (unpaired) electrons. The van der Waals surface area contributed by atoms with Crippen molar-refractivity contribution in [1.29, 1.82) is 0 Å². The molecule has 0 amide bonds. The minimum Gasteiger partial charge on any atom is -0.370 e. The highest BCUT2D eigenvalue weighted by molar-refractivity contribution is 7.09. The average molecular weight is 278 g/mol. The number of nitrogens with two attached hydrogens (primary N) is 1. The second-order valence-corrected chi connectivity index (χ2v) is 6.54. The summed E-state index contributed by atoms with van der Waals surface area (Å²) in [5, 5.41) is 5.65. The zero-order valence-electron chi connectivity index (χ0n) is 11.4. The SMILES string of the molecule is CCC1CNCCC12CN=C(N)N2Cc1cccs1. The van der Waals surface area contributed by atoms with Gasteiger partial charge in [0, 0.05) is 11.4 Å². The number of thiophene rings is 1. The van der Waals surface area contributed by atoms with Gasteiger partial charge < -0.3 is 16.0 Å². The smallest absolute Gasteiger partial charge is 0.192 e. The van der Waals surface area contributed by atoms with Crippen LogP contribution in [-0.4, -0.2) is 36.0 Å². The number of nitrogens with zero attached hydrogens (tertiary/aromatic N) is 2. The fourth-order valence-corrected chi connectivity index (χ4v) is 4.17. The van der Waals surface area contributed by atoms with Crippen molar-refractivity contribution < 1.29 is 0 Å². The Hall–Kier alpha value is -1.07. The largest absolute Gasteiger partial charge is 0.370 e. The van der Waals surface area contributed by atoms with Gasteiger partial charge in [-0.1, -0.05) is 13.0 Å². The first-order chi connectivity index (χ1) is 9.26. The second kappa shape index (κ2) is 5.13. The Balaban J connectivity index is 1.87. The zero-order valence-corrected chi connectivity index (χ0v) is 12.2. The number of nitrogens with one attached hydrogen (secondary N) is 1. The Morgan fingerprint density at radius 2 is 2.53 bits per heavy atom. The Morgan fingerprint density at radius 1 is 1.63 bits per heavy atom. The molecule has 2 unspecified atom stereocenters. The van der Waals surface area contributed by atoms with E-state index in [4.69, 9.17) is 5.73 Å². The van der Waals surface area contributed by atoms with Gasteiger partial charge in [0.2, 0.25) is 0 Å². The van der Waals surface area contributed by atoms with Crippen LogP contribution in [0.4, 0.5) is 0 Å². The van der Waals surface area contributed by atoms with Gasteiger partial charge in [-0.15, -0.1) is 11.3 Å². The summed E-state index contributed by atoms with van der Waals surface area (Å²) in [4.78, 5) is 8.31. The lowest BCUT2D eigenvalue weighted by atomic mass is 9.76. The molecule has 0 aliphatic carbocycles. The van der Waals surface area contributed by atoms with Crippen LogP contribution in [0, 0.1) is 5.92 Å². The molecule has 1 aromatic rings. The van der Waals surface area contributed by atoms with Crippen molar-refractivity contribution in [3.05, 3.63) is 22.4 Å². The lowest BCUT2D eigenvalue weighted by Crippen LogP contribution is -2.61. The molecule has 104 valence electrons. The first kappa shape index (κ1) is 12.9. The number of aliphatic imine (C=N–C) groups is 1. The van der Waals surface area contributed by atoms with Crippen LogP contribution in [0.25, 0.3) is 0 Å². The maximum absolute atomic E-state index is 6.18. The number of rotatable bonds is 3. The molecule has 1 fully saturated rings. The standard InChI is InChI=1S/C14H22N4S/c1-2-11-8-16-6-5-14(11)10-17-13(15)18(14)9-12-4-3-7-19-12/h3-4,7,11,16H,2,5-6,8-10H2,1H3,(H2,15,17). The predicted molar refractivity (Wildman–Crippen MR) is 80.4 cm³/mol. The lowest BCUT2D eigenvalue weighted by molar-refractivity contribution is 0.0760.